The van der Waals surface area contributed by atoms with E-state index in [9.17, 15) is 15.0 Å². The molecule has 0 bridgehead atoms. The molecule has 1 aliphatic rings. The van der Waals surface area contributed by atoms with Crippen molar-refractivity contribution < 1.29 is 19.7 Å². The monoisotopic (exact) mass is 461 g/mol. The molecule has 0 aliphatic carbocycles. The fourth-order valence-electron chi connectivity index (χ4n) is 3.94. The van der Waals surface area contributed by atoms with Crippen LogP contribution in [-0.2, 0) is 4.74 Å². The number of benzene rings is 2. The minimum atomic E-state index is -1.26. The topological polar surface area (TPSA) is 160 Å². The maximum absolute atomic E-state index is 12.9. The minimum absolute atomic E-state index is 0.0169. The number of aromatic nitrogens is 4. The van der Waals surface area contributed by atoms with Gasteiger partial charge in [0.05, 0.1) is 17.6 Å². The summed E-state index contributed by atoms with van der Waals surface area (Å²) in [6, 6.07) is 16.6. The Morgan fingerprint density at radius 2 is 1.79 bits per heavy atom. The SMILES string of the molecule is Nc1ncnc2c1ncn2C1OC(CNC(=O)c2ccccc2Nc2ccccc2)C(O)C1O. The van der Waals surface area contributed by atoms with E-state index in [2.05, 4.69) is 25.6 Å². The normalized spacial score (nSPS) is 22.1. The number of hydrogen-bond donors (Lipinski definition) is 5. The lowest BCUT2D eigenvalue weighted by molar-refractivity contribution is -0.0337. The van der Waals surface area contributed by atoms with Gasteiger partial charge in [-0.3, -0.25) is 9.36 Å². The fourth-order valence-corrected chi connectivity index (χ4v) is 3.94. The molecule has 0 radical (unpaired) electrons. The first-order chi connectivity index (χ1) is 16.5. The molecule has 11 heteroatoms. The number of ether oxygens (including phenoxy) is 1. The van der Waals surface area contributed by atoms with Crippen molar-refractivity contribution in [1.29, 1.82) is 0 Å². The Morgan fingerprint density at radius 1 is 1.03 bits per heavy atom. The van der Waals surface area contributed by atoms with Crippen molar-refractivity contribution in [3.63, 3.8) is 0 Å². The van der Waals surface area contributed by atoms with Crippen LogP contribution in [0.2, 0.25) is 0 Å². The van der Waals surface area contributed by atoms with Crippen molar-refractivity contribution in [2.45, 2.75) is 24.5 Å². The van der Waals surface area contributed by atoms with E-state index in [1.165, 1.54) is 17.2 Å². The first-order valence-corrected chi connectivity index (χ1v) is 10.7. The molecular formula is C23H23N7O4. The molecule has 4 aromatic rings. The number of rotatable bonds is 6. The van der Waals surface area contributed by atoms with Crippen LogP contribution in [0.4, 0.5) is 17.2 Å². The molecule has 11 nitrogen and oxygen atoms in total. The molecule has 3 heterocycles. The number of para-hydroxylation sites is 2. The smallest absolute Gasteiger partial charge is 0.253 e. The lowest BCUT2D eigenvalue weighted by atomic mass is 10.1. The van der Waals surface area contributed by atoms with E-state index in [-0.39, 0.29) is 18.3 Å². The number of nitrogens with one attached hydrogen (secondary N) is 2. The van der Waals surface area contributed by atoms with Crippen molar-refractivity contribution in [2.24, 2.45) is 0 Å². The van der Waals surface area contributed by atoms with E-state index in [4.69, 9.17) is 10.5 Å². The summed E-state index contributed by atoms with van der Waals surface area (Å²) in [6.45, 7) is -0.0169. The molecular weight excluding hydrogens is 438 g/mol. The maximum Gasteiger partial charge on any atom is 0.253 e. The zero-order valence-corrected chi connectivity index (χ0v) is 17.9. The van der Waals surface area contributed by atoms with E-state index in [1.807, 2.05) is 36.4 Å². The van der Waals surface area contributed by atoms with Gasteiger partial charge in [0.15, 0.2) is 17.7 Å². The predicted molar refractivity (Wildman–Crippen MR) is 124 cm³/mol. The molecule has 2 aromatic carbocycles. The van der Waals surface area contributed by atoms with Crippen LogP contribution in [0.3, 0.4) is 0 Å². The van der Waals surface area contributed by atoms with Crippen LogP contribution in [0.1, 0.15) is 16.6 Å². The van der Waals surface area contributed by atoms with E-state index in [0.29, 0.717) is 22.4 Å². The second-order valence-electron chi connectivity index (χ2n) is 7.88. The van der Waals surface area contributed by atoms with Gasteiger partial charge in [0.25, 0.3) is 5.91 Å². The largest absolute Gasteiger partial charge is 0.387 e. The first kappa shape index (κ1) is 21.8. The highest BCUT2D eigenvalue weighted by Crippen LogP contribution is 2.32. The highest BCUT2D eigenvalue weighted by molar-refractivity contribution is 6.00. The number of anilines is 3. The van der Waals surface area contributed by atoms with Crippen LogP contribution in [0.5, 0.6) is 0 Å². The summed E-state index contributed by atoms with van der Waals surface area (Å²) >= 11 is 0. The summed E-state index contributed by atoms with van der Waals surface area (Å²) in [5, 5.41) is 27.2. The van der Waals surface area contributed by atoms with Crippen molar-refractivity contribution in [1.82, 2.24) is 24.8 Å². The molecule has 1 amide bonds. The van der Waals surface area contributed by atoms with Crippen LogP contribution in [0.25, 0.3) is 11.2 Å². The number of carbonyl (C=O) groups is 1. The summed E-state index contributed by atoms with van der Waals surface area (Å²) < 4.78 is 7.37. The van der Waals surface area contributed by atoms with Crippen LogP contribution < -0.4 is 16.4 Å². The summed E-state index contributed by atoms with van der Waals surface area (Å²) in [7, 11) is 0. The van der Waals surface area contributed by atoms with Gasteiger partial charge in [-0.25, -0.2) is 15.0 Å². The lowest BCUT2D eigenvalue weighted by Gasteiger charge is -2.17. The molecule has 4 atom stereocenters. The van der Waals surface area contributed by atoms with Gasteiger partial charge in [-0.05, 0) is 24.3 Å². The molecule has 5 rings (SSSR count). The van der Waals surface area contributed by atoms with Gasteiger partial charge in [-0.1, -0.05) is 30.3 Å². The Bertz CT molecular complexity index is 1310. The van der Waals surface area contributed by atoms with Crippen molar-refractivity contribution in [3.05, 3.63) is 72.8 Å². The van der Waals surface area contributed by atoms with E-state index < -0.39 is 24.5 Å². The molecule has 1 saturated heterocycles. The zero-order valence-electron chi connectivity index (χ0n) is 17.9. The Morgan fingerprint density at radius 3 is 2.62 bits per heavy atom. The number of carbonyl (C=O) groups excluding carboxylic acids is 1. The lowest BCUT2D eigenvalue weighted by Crippen LogP contribution is -2.39. The number of imidazole rings is 1. The highest BCUT2D eigenvalue weighted by atomic mass is 16.6. The number of fused-ring (bicyclic) bond motifs is 1. The molecule has 6 N–H and O–H groups in total. The average molecular weight is 461 g/mol. The quantitative estimate of drug-likeness (QED) is 0.284. The second-order valence-corrected chi connectivity index (χ2v) is 7.88. The molecule has 0 spiro atoms. The molecule has 1 fully saturated rings. The van der Waals surface area contributed by atoms with Crippen molar-refractivity contribution in [3.8, 4) is 0 Å². The zero-order chi connectivity index (χ0) is 23.7. The van der Waals surface area contributed by atoms with Gasteiger partial charge in [0.1, 0.15) is 30.2 Å². The van der Waals surface area contributed by atoms with Gasteiger partial charge >= 0.3 is 0 Å². The average Bonchev–Trinajstić information content (AvgIpc) is 3.40. The third-order valence-corrected chi connectivity index (χ3v) is 5.69. The van der Waals surface area contributed by atoms with Gasteiger partial charge < -0.3 is 31.3 Å². The van der Waals surface area contributed by atoms with Gasteiger partial charge in [0, 0.05) is 12.2 Å². The van der Waals surface area contributed by atoms with Crippen LogP contribution in [0, 0.1) is 0 Å². The van der Waals surface area contributed by atoms with E-state index in [1.54, 1.807) is 18.2 Å². The van der Waals surface area contributed by atoms with Gasteiger partial charge in [-0.15, -0.1) is 0 Å². The molecule has 4 unspecified atom stereocenters. The number of nitrogens with zero attached hydrogens (tertiary/aromatic N) is 4. The van der Waals surface area contributed by atoms with E-state index in [0.717, 1.165) is 5.69 Å². The molecule has 0 saturated carbocycles. The number of aliphatic hydroxyl groups is 2. The van der Waals surface area contributed by atoms with E-state index >= 15 is 0 Å². The van der Waals surface area contributed by atoms with Gasteiger partial charge in [-0.2, -0.15) is 0 Å². The first-order valence-electron chi connectivity index (χ1n) is 10.7. The third kappa shape index (κ3) is 4.03. The molecule has 174 valence electrons. The number of nitrogens with two attached hydrogens (primary N) is 1. The maximum atomic E-state index is 12.9. The van der Waals surface area contributed by atoms with Gasteiger partial charge in [0.2, 0.25) is 0 Å². The standard InChI is InChI=1S/C23H23N7O4/c24-20-17-21(27-11-26-20)30(12-28-17)23-19(32)18(31)16(34-23)10-25-22(33)14-8-4-5-9-15(14)29-13-6-2-1-3-7-13/h1-9,11-12,16,18-19,23,29,31-32H,10H2,(H,25,33)(H2,24,26,27). The Kier molecular flexibility index (Phi) is 5.80. The molecule has 1 aliphatic heterocycles. The number of aliphatic hydroxyl groups excluding tert-OH is 2. The Balaban J connectivity index is 1.29. The Hall–Kier alpha value is -4.06. The number of amides is 1. The summed E-state index contributed by atoms with van der Waals surface area (Å²) in [4.78, 5) is 25.1. The van der Waals surface area contributed by atoms with Crippen molar-refractivity contribution in [2.75, 3.05) is 17.6 Å². The fraction of sp³-hybridized carbons (Fsp3) is 0.217. The number of nitrogen functional groups attached to an aromatic ring is 1. The minimum Gasteiger partial charge on any atom is -0.387 e. The van der Waals surface area contributed by atoms with Crippen LogP contribution in [0.15, 0.2) is 67.3 Å². The Labute approximate surface area is 194 Å². The second kappa shape index (κ2) is 9.06. The summed E-state index contributed by atoms with van der Waals surface area (Å²) in [6.07, 6.45) is -1.60. The predicted octanol–water partition coefficient (Wildman–Crippen LogP) is 1.20. The highest BCUT2D eigenvalue weighted by Gasteiger charge is 2.44. The molecule has 2 aromatic heterocycles. The summed E-state index contributed by atoms with van der Waals surface area (Å²) in [5.41, 5.74) is 8.48. The number of hydrogen-bond acceptors (Lipinski definition) is 9. The summed E-state index contributed by atoms with van der Waals surface area (Å²) in [5.74, 6) is -0.148. The third-order valence-electron chi connectivity index (χ3n) is 5.69. The van der Waals surface area contributed by atoms with Crippen LogP contribution >= 0.6 is 0 Å². The van der Waals surface area contributed by atoms with Crippen LogP contribution in [-0.4, -0.2) is 60.5 Å². The van der Waals surface area contributed by atoms with Crippen molar-refractivity contribution >= 4 is 34.3 Å². The molecule has 34 heavy (non-hydrogen) atoms.